The largest absolute Gasteiger partial charge is 0.381 e. The van der Waals surface area contributed by atoms with Crippen molar-refractivity contribution in [3.05, 3.63) is 35.0 Å². The molecule has 3 heterocycles. The van der Waals surface area contributed by atoms with E-state index in [1.807, 2.05) is 6.07 Å². The van der Waals surface area contributed by atoms with E-state index in [1.165, 1.54) is 0 Å². The molecule has 0 radical (unpaired) electrons. The maximum atomic E-state index is 12.6. The summed E-state index contributed by atoms with van der Waals surface area (Å²) < 4.78 is 5.42. The molecule has 1 atom stereocenters. The van der Waals surface area contributed by atoms with E-state index in [-0.39, 0.29) is 5.91 Å². The van der Waals surface area contributed by atoms with Gasteiger partial charge in [0.1, 0.15) is 12.1 Å². The lowest BCUT2D eigenvalue weighted by Crippen LogP contribution is -2.32. The Bertz CT molecular complexity index is 784. The highest BCUT2D eigenvalue weighted by Gasteiger charge is 2.25. The van der Waals surface area contributed by atoms with Gasteiger partial charge in [0, 0.05) is 50.0 Å². The predicted molar refractivity (Wildman–Crippen MR) is 96.3 cm³/mol. The second-order valence-electron chi connectivity index (χ2n) is 6.92. The number of carbonyl (C=O) groups is 1. The standard InChI is InChI=1S/C18H24N6O2/c1-24(18(25)17-13-3-2-4-14(13)22-23-17)7-6-19-16-9-15(20-11-21-16)12-5-8-26-10-12/h9,11-12H,2-8,10H2,1H3,(H,22,23)(H,19,20,21)/t12-/m1/s1. The van der Waals surface area contributed by atoms with Gasteiger partial charge in [-0.15, -0.1) is 0 Å². The molecular formula is C18H24N6O2. The minimum Gasteiger partial charge on any atom is -0.381 e. The fourth-order valence-electron chi connectivity index (χ4n) is 3.59. The minimum absolute atomic E-state index is 0.0299. The van der Waals surface area contributed by atoms with Crippen molar-refractivity contribution in [3.63, 3.8) is 0 Å². The molecule has 0 saturated carbocycles. The van der Waals surface area contributed by atoms with Gasteiger partial charge in [0.05, 0.1) is 12.3 Å². The Hall–Kier alpha value is -2.48. The van der Waals surface area contributed by atoms with Crippen LogP contribution in [-0.2, 0) is 17.6 Å². The van der Waals surface area contributed by atoms with Crippen LogP contribution in [0.4, 0.5) is 5.82 Å². The molecule has 0 unspecified atom stereocenters. The Labute approximate surface area is 152 Å². The van der Waals surface area contributed by atoms with Gasteiger partial charge in [0.25, 0.3) is 5.91 Å². The zero-order valence-corrected chi connectivity index (χ0v) is 15.0. The third kappa shape index (κ3) is 3.41. The molecule has 1 fully saturated rings. The van der Waals surface area contributed by atoms with Gasteiger partial charge in [-0.05, 0) is 25.7 Å². The maximum absolute atomic E-state index is 12.6. The van der Waals surface area contributed by atoms with Crippen molar-refractivity contribution >= 4 is 11.7 Å². The fourth-order valence-corrected chi connectivity index (χ4v) is 3.59. The maximum Gasteiger partial charge on any atom is 0.274 e. The second-order valence-corrected chi connectivity index (χ2v) is 6.92. The van der Waals surface area contributed by atoms with E-state index >= 15 is 0 Å². The van der Waals surface area contributed by atoms with Crippen molar-refractivity contribution in [1.29, 1.82) is 0 Å². The summed E-state index contributed by atoms with van der Waals surface area (Å²) in [7, 11) is 1.81. The van der Waals surface area contributed by atoms with Gasteiger partial charge >= 0.3 is 0 Å². The van der Waals surface area contributed by atoms with E-state index in [1.54, 1.807) is 18.3 Å². The van der Waals surface area contributed by atoms with Gasteiger partial charge in [0.15, 0.2) is 5.69 Å². The average Bonchev–Trinajstić information content (AvgIpc) is 3.39. The lowest BCUT2D eigenvalue weighted by atomic mass is 10.1. The number of fused-ring (bicyclic) bond motifs is 1. The van der Waals surface area contributed by atoms with Crippen LogP contribution >= 0.6 is 0 Å². The van der Waals surface area contributed by atoms with Crippen molar-refractivity contribution in [3.8, 4) is 0 Å². The first kappa shape index (κ1) is 17.0. The number of aromatic nitrogens is 4. The quantitative estimate of drug-likeness (QED) is 0.812. The second kappa shape index (κ2) is 7.41. The van der Waals surface area contributed by atoms with Gasteiger partial charge in [-0.2, -0.15) is 5.10 Å². The van der Waals surface area contributed by atoms with Crippen LogP contribution in [0, 0.1) is 0 Å². The number of rotatable bonds is 6. The lowest BCUT2D eigenvalue weighted by molar-refractivity contribution is 0.0793. The van der Waals surface area contributed by atoms with E-state index in [9.17, 15) is 4.79 Å². The molecule has 0 aromatic carbocycles. The van der Waals surface area contributed by atoms with Crippen LogP contribution in [0.1, 0.15) is 46.2 Å². The molecule has 8 nitrogen and oxygen atoms in total. The molecule has 2 aromatic rings. The molecule has 0 spiro atoms. The number of aromatic amines is 1. The van der Waals surface area contributed by atoms with Gasteiger partial charge in [-0.25, -0.2) is 9.97 Å². The molecule has 2 aromatic heterocycles. The number of likely N-dealkylation sites (N-methyl/N-ethyl adjacent to an activating group) is 1. The van der Waals surface area contributed by atoms with E-state index < -0.39 is 0 Å². The number of hydrogen-bond acceptors (Lipinski definition) is 6. The minimum atomic E-state index is -0.0299. The number of amides is 1. The Morgan fingerprint density at radius 3 is 3.19 bits per heavy atom. The molecule has 1 aliphatic heterocycles. The molecule has 4 rings (SSSR count). The first-order valence-corrected chi connectivity index (χ1v) is 9.17. The van der Waals surface area contributed by atoms with Gasteiger partial charge in [0.2, 0.25) is 0 Å². The summed E-state index contributed by atoms with van der Waals surface area (Å²) in [6.07, 6.45) is 5.60. The van der Waals surface area contributed by atoms with Gasteiger partial charge in [-0.1, -0.05) is 0 Å². The van der Waals surface area contributed by atoms with E-state index in [2.05, 4.69) is 25.5 Å². The third-order valence-corrected chi connectivity index (χ3v) is 5.15. The van der Waals surface area contributed by atoms with Crippen molar-refractivity contribution < 1.29 is 9.53 Å². The zero-order chi connectivity index (χ0) is 17.9. The Morgan fingerprint density at radius 2 is 2.35 bits per heavy atom. The summed E-state index contributed by atoms with van der Waals surface area (Å²) in [5.41, 5.74) is 3.79. The summed E-state index contributed by atoms with van der Waals surface area (Å²) >= 11 is 0. The van der Waals surface area contributed by atoms with E-state index in [4.69, 9.17) is 4.74 Å². The number of anilines is 1. The highest BCUT2D eigenvalue weighted by molar-refractivity contribution is 5.94. The van der Waals surface area contributed by atoms with Crippen molar-refractivity contribution in [2.75, 3.05) is 38.7 Å². The van der Waals surface area contributed by atoms with Crippen molar-refractivity contribution in [2.24, 2.45) is 0 Å². The fraction of sp³-hybridized carbons (Fsp3) is 0.556. The van der Waals surface area contributed by atoms with Gasteiger partial charge in [-0.3, -0.25) is 9.89 Å². The monoisotopic (exact) mass is 356 g/mol. The van der Waals surface area contributed by atoms with E-state index in [0.29, 0.717) is 24.7 Å². The summed E-state index contributed by atoms with van der Waals surface area (Å²) in [4.78, 5) is 22.9. The molecule has 1 saturated heterocycles. The summed E-state index contributed by atoms with van der Waals surface area (Å²) in [5.74, 6) is 1.10. The van der Waals surface area contributed by atoms with Gasteiger partial charge < -0.3 is 15.0 Å². The number of aryl methyl sites for hydroxylation is 1. The van der Waals surface area contributed by atoms with Crippen LogP contribution in [0.3, 0.4) is 0 Å². The molecule has 26 heavy (non-hydrogen) atoms. The van der Waals surface area contributed by atoms with Crippen molar-refractivity contribution in [1.82, 2.24) is 25.1 Å². The zero-order valence-electron chi connectivity index (χ0n) is 15.0. The molecule has 138 valence electrons. The van der Waals surface area contributed by atoms with Crippen LogP contribution in [0.15, 0.2) is 12.4 Å². The first-order chi connectivity index (χ1) is 12.7. The van der Waals surface area contributed by atoms with Crippen LogP contribution in [0.5, 0.6) is 0 Å². The summed E-state index contributed by atoms with van der Waals surface area (Å²) in [6.45, 7) is 2.71. The van der Waals surface area contributed by atoms with Crippen LogP contribution in [0.2, 0.25) is 0 Å². The SMILES string of the molecule is CN(CCNc1cc([C@@H]2CCOC2)ncn1)C(=O)c1n[nH]c2c1CCC2. The number of H-pyrrole nitrogens is 1. The van der Waals surface area contributed by atoms with E-state index in [0.717, 1.165) is 61.7 Å². The van der Waals surface area contributed by atoms with Crippen LogP contribution < -0.4 is 5.32 Å². The Kier molecular flexibility index (Phi) is 4.83. The topological polar surface area (TPSA) is 96.0 Å². The number of hydrogen-bond donors (Lipinski definition) is 2. The predicted octanol–water partition coefficient (Wildman–Crippen LogP) is 1.38. The molecule has 1 aliphatic carbocycles. The number of ether oxygens (including phenoxy) is 1. The number of nitrogens with one attached hydrogen (secondary N) is 2. The first-order valence-electron chi connectivity index (χ1n) is 9.17. The third-order valence-electron chi connectivity index (χ3n) is 5.15. The van der Waals surface area contributed by atoms with Crippen molar-refractivity contribution in [2.45, 2.75) is 31.6 Å². The molecule has 8 heteroatoms. The molecule has 0 bridgehead atoms. The lowest BCUT2D eigenvalue weighted by Gasteiger charge is -2.17. The Morgan fingerprint density at radius 1 is 1.42 bits per heavy atom. The summed E-state index contributed by atoms with van der Waals surface area (Å²) in [5, 5.41) is 10.5. The van der Waals surface area contributed by atoms with Crippen LogP contribution in [-0.4, -0.2) is 64.3 Å². The Balaban J connectivity index is 1.31. The summed E-state index contributed by atoms with van der Waals surface area (Å²) in [6, 6.07) is 1.97. The number of carbonyl (C=O) groups excluding carboxylic acids is 1. The smallest absolute Gasteiger partial charge is 0.274 e. The molecular weight excluding hydrogens is 332 g/mol. The average molecular weight is 356 g/mol. The number of nitrogens with zero attached hydrogens (tertiary/aromatic N) is 4. The molecule has 1 amide bonds. The normalized spacial score (nSPS) is 18.7. The van der Waals surface area contributed by atoms with Crippen LogP contribution in [0.25, 0.3) is 0 Å². The highest BCUT2D eigenvalue weighted by Crippen LogP contribution is 2.25. The molecule has 2 N–H and O–H groups in total. The molecule has 2 aliphatic rings. The highest BCUT2D eigenvalue weighted by atomic mass is 16.5.